The van der Waals surface area contributed by atoms with Crippen LogP contribution in [0.5, 0.6) is 0 Å². The zero-order chi connectivity index (χ0) is 15.4. The fourth-order valence-electron chi connectivity index (χ4n) is 3.97. The van der Waals surface area contributed by atoms with Gasteiger partial charge in [0.05, 0.1) is 11.9 Å². The fraction of sp³-hybridized carbons (Fsp3) is 0.333. The molecular formula is C18H19N5. The van der Waals surface area contributed by atoms with Crippen molar-refractivity contribution >= 4 is 16.7 Å². The van der Waals surface area contributed by atoms with Gasteiger partial charge in [-0.3, -0.25) is 4.98 Å². The van der Waals surface area contributed by atoms with E-state index < -0.39 is 0 Å². The van der Waals surface area contributed by atoms with Crippen LogP contribution >= 0.6 is 0 Å². The molecular weight excluding hydrogens is 286 g/mol. The summed E-state index contributed by atoms with van der Waals surface area (Å²) in [5.41, 5.74) is 4.40. The summed E-state index contributed by atoms with van der Waals surface area (Å²) in [7, 11) is 2.22. The van der Waals surface area contributed by atoms with E-state index in [1.165, 1.54) is 12.2 Å². The molecule has 2 atom stereocenters. The van der Waals surface area contributed by atoms with Crippen molar-refractivity contribution in [2.75, 3.05) is 31.6 Å². The van der Waals surface area contributed by atoms with E-state index in [4.69, 9.17) is 0 Å². The Morgan fingerprint density at radius 2 is 2.00 bits per heavy atom. The first-order valence-electron chi connectivity index (χ1n) is 8.12. The van der Waals surface area contributed by atoms with Crippen LogP contribution in [-0.4, -0.2) is 52.6 Å². The molecule has 0 amide bonds. The Morgan fingerprint density at radius 1 is 1.09 bits per heavy atom. The van der Waals surface area contributed by atoms with Gasteiger partial charge < -0.3 is 14.8 Å². The summed E-state index contributed by atoms with van der Waals surface area (Å²) in [5, 5.41) is 1.13. The Morgan fingerprint density at radius 3 is 2.87 bits per heavy atom. The second-order valence-electron chi connectivity index (χ2n) is 6.74. The highest BCUT2D eigenvalue weighted by Gasteiger charge is 2.43. The molecule has 0 bridgehead atoms. The number of hydrogen-bond donors (Lipinski definition) is 1. The van der Waals surface area contributed by atoms with Gasteiger partial charge in [-0.2, -0.15) is 0 Å². The highest BCUT2D eigenvalue weighted by Crippen LogP contribution is 2.34. The molecule has 3 aromatic heterocycles. The lowest BCUT2D eigenvalue weighted by molar-refractivity contribution is 0.0827. The average Bonchev–Trinajstić information content (AvgIpc) is 3.18. The number of fused-ring (bicyclic) bond motifs is 2. The van der Waals surface area contributed by atoms with Crippen molar-refractivity contribution in [2.45, 2.75) is 6.04 Å². The Hall–Kier alpha value is -2.40. The van der Waals surface area contributed by atoms with Gasteiger partial charge in [-0.25, -0.2) is 4.98 Å². The Balaban J connectivity index is 1.48. The van der Waals surface area contributed by atoms with E-state index in [1.54, 1.807) is 0 Å². The molecule has 2 aliphatic rings. The molecule has 0 radical (unpaired) electrons. The Kier molecular flexibility index (Phi) is 2.73. The number of anilines is 1. The molecule has 5 heterocycles. The number of nitrogens with one attached hydrogen (secondary N) is 1. The number of rotatable bonds is 2. The molecule has 1 N–H and O–H groups in total. The third-order valence-corrected chi connectivity index (χ3v) is 5.32. The van der Waals surface area contributed by atoms with Crippen LogP contribution in [0, 0.1) is 5.92 Å². The van der Waals surface area contributed by atoms with E-state index in [1.807, 2.05) is 24.8 Å². The van der Waals surface area contributed by atoms with Gasteiger partial charge in [-0.15, -0.1) is 0 Å². The van der Waals surface area contributed by atoms with Crippen molar-refractivity contribution in [1.29, 1.82) is 0 Å². The molecule has 23 heavy (non-hydrogen) atoms. The molecule has 0 unspecified atom stereocenters. The number of aromatic amines is 1. The summed E-state index contributed by atoms with van der Waals surface area (Å²) in [5.74, 6) is 0.821. The minimum absolute atomic E-state index is 0.719. The van der Waals surface area contributed by atoms with E-state index in [0.717, 1.165) is 47.2 Å². The number of hydrogen-bond acceptors (Lipinski definition) is 4. The van der Waals surface area contributed by atoms with Crippen LogP contribution in [0.4, 0.5) is 5.69 Å². The minimum atomic E-state index is 0.719. The predicted octanol–water partition coefficient (Wildman–Crippen LogP) is 2.38. The summed E-state index contributed by atoms with van der Waals surface area (Å²) in [6.45, 7) is 3.49. The number of nitrogens with zero attached hydrogens (tertiary/aromatic N) is 4. The average molecular weight is 305 g/mol. The quantitative estimate of drug-likeness (QED) is 0.790. The lowest BCUT2D eigenvalue weighted by atomic mass is 9.93. The van der Waals surface area contributed by atoms with Crippen LogP contribution < -0.4 is 4.90 Å². The molecule has 5 rings (SSSR count). The summed E-state index contributed by atoms with van der Waals surface area (Å²) in [4.78, 5) is 17.0. The number of aromatic nitrogens is 3. The van der Waals surface area contributed by atoms with Crippen LogP contribution in [0.25, 0.3) is 22.2 Å². The molecule has 5 nitrogen and oxygen atoms in total. The maximum Gasteiger partial charge on any atom is 0.137 e. The van der Waals surface area contributed by atoms with Gasteiger partial charge in [0.2, 0.25) is 0 Å². The zero-order valence-electron chi connectivity index (χ0n) is 13.1. The van der Waals surface area contributed by atoms with E-state index in [2.05, 4.69) is 50.0 Å². The van der Waals surface area contributed by atoms with Gasteiger partial charge >= 0.3 is 0 Å². The van der Waals surface area contributed by atoms with Crippen LogP contribution in [0.15, 0.2) is 43.0 Å². The van der Waals surface area contributed by atoms with Gasteiger partial charge in [0.25, 0.3) is 0 Å². The minimum Gasteiger partial charge on any atom is -0.368 e. The van der Waals surface area contributed by atoms with Gasteiger partial charge in [0.1, 0.15) is 5.65 Å². The number of pyridine rings is 2. The number of likely N-dealkylation sites (tertiary alicyclic amines) is 1. The van der Waals surface area contributed by atoms with Crippen LogP contribution in [0.1, 0.15) is 0 Å². The Bertz CT molecular complexity index is 870. The summed E-state index contributed by atoms with van der Waals surface area (Å²) >= 11 is 0. The SMILES string of the molecule is CN1C[C@@H]2CN(c3cncc(-c4cnc5[nH]ccc5c4)c3)C[C@H]21. The van der Waals surface area contributed by atoms with Crippen molar-refractivity contribution in [3.63, 3.8) is 0 Å². The largest absolute Gasteiger partial charge is 0.368 e. The smallest absolute Gasteiger partial charge is 0.137 e. The van der Waals surface area contributed by atoms with Gasteiger partial charge in [0.15, 0.2) is 0 Å². The first-order chi connectivity index (χ1) is 11.3. The first-order valence-corrected chi connectivity index (χ1v) is 8.12. The second kappa shape index (κ2) is 4.80. The van der Waals surface area contributed by atoms with E-state index in [9.17, 15) is 0 Å². The lowest BCUT2D eigenvalue weighted by Crippen LogP contribution is -2.52. The topological polar surface area (TPSA) is 48.1 Å². The summed E-state index contributed by atoms with van der Waals surface area (Å²) in [6, 6.07) is 7.18. The molecule has 2 saturated heterocycles. The monoisotopic (exact) mass is 305 g/mol. The van der Waals surface area contributed by atoms with Gasteiger partial charge in [-0.1, -0.05) is 0 Å². The van der Waals surface area contributed by atoms with Crippen molar-refractivity contribution < 1.29 is 0 Å². The predicted molar refractivity (Wildman–Crippen MR) is 91.4 cm³/mol. The summed E-state index contributed by atoms with van der Waals surface area (Å²) in [6.07, 6.45) is 7.75. The van der Waals surface area contributed by atoms with Crippen LogP contribution in [0.3, 0.4) is 0 Å². The van der Waals surface area contributed by atoms with Crippen LogP contribution in [-0.2, 0) is 0 Å². The second-order valence-corrected chi connectivity index (χ2v) is 6.74. The first kappa shape index (κ1) is 13.1. The fourth-order valence-corrected chi connectivity index (χ4v) is 3.97. The molecule has 0 saturated carbocycles. The molecule has 2 fully saturated rings. The van der Waals surface area contributed by atoms with E-state index in [0.29, 0.717) is 0 Å². The highest BCUT2D eigenvalue weighted by molar-refractivity contribution is 5.81. The molecule has 0 spiro atoms. The molecule has 5 heteroatoms. The van der Waals surface area contributed by atoms with Gasteiger partial charge in [0, 0.05) is 66.7 Å². The standard InChI is InChI=1S/C18H19N5/c1-22-9-15-10-23(11-17(15)22)16-5-14(6-19-8-16)13-4-12-2-3-20-18(12)21-7-13/h2-8,15,17H,9-11H2,1H3,(H,20,21)/t15-,17-/m1/s1. The van der Waals surface area contributed by atoms with Crippen molar-refractivity contribution in [3.05, 3.63) is 43.0 Å². The van der Waals surface area contributed by atoms with Crippen LogP contribution in [0.2, 0.25) is 0 Å². The molecule has 2 aliphatic heterocycles. The molecule has 3 aromatic rings. The van der Waals surface area contributed by atoms with Gasteiger partial charge in [-0.05, 0) is 25.2 Å². The zero-order valence-corrected chi connectivity index (χ0v) is 13.1. The molecule has 0 aromatic carbocycles. The van der Waals surface area contributed by atoms with Crippen molar-refractivity contribution in [3.8, 4) is 11.1 Å². The van der Waals surface area contributed by atoms with E-state index in [-0.39, 0.29) is 0 Å². The third kappa shape index (κ3) is 2.04. The van der Waals surface area contributed by atoms with Crippen molar-refractivity contribution in [1.82, 2.24) is 19.9 Å². The maximum atomic E-state index is 4.49. The number of H-pyrrole nitrogens is 1. The third-order valence-electron chi connectivity index (χ3n) is 5.32. The normalized spacial score (nSPS) is 24.0. The molecule has 116 valence electrons. The molecule has 0 aliphatic carbocycles. The summed E-state index contributed by atoms with van der Waals surface area (Å²) < 4.78 is 0. The Labute approximate surface area is 135 Å². The highest BCUT2D eigenvalue weighted by atomic mass is 15.3. The number of likely N-dealkylation sites (N-methyl/N-ethyl adjacent to an activating group) is 1. The maximum absolute atomic E-state index is 4.49. The van der Waals surface area contributed by atoms with E-state index >= 15 is 0 Å². The lowest BCUT2D eigenvalue weighted by Gasteiger charge is -2.40. The van der Waals surface area contributed by atoms with Crippen molar-refractivity contribution in [2.24, 2.45) is 5.92 Å².